The summed E-state index contributed by atoms with van der Waals surface area (Å²) >= 11 is 0. The SMILES string of the molecule is CCC(CCNC)C(C)(C)C. The van der Waals surface area contributed by atoms with Crippen molar-refractivity contribution in [1.29, 1.82) is 0 Å². The summed E-state index contributed by atoms with van der Waals surface area (Å²) in [5.74, 6) is 0.856. The molecular formula is C10H23N. The number of nitrogens with one attached hydrogen (secondary N) is 1. The van der Waals surface area contributed by atoms with Crippen molar-refractivity contribution in [3.05, 3.63) is 0 Å². The van der Waals surface area contributed by atoms with E-state index in [4.69, 9.17) is 0 Å². The van der Waals surface area contributed by atoms with Gasteiger partial charge in [0.05, 0.1) is 0 Å². The molecule has 0 aromatic rings. The molecule has 0 aromatic carbocycles. The smallest absolute Gasteiger partial charge is 0.00491 e. The lowest BCUT2D eigenvalue weighted by Crippen LogP contribution is -2.23. The summed E-state index contributed by atoms with van der Waals surface area (Å²) in [5.41, 5.74) is 0.478. The third-order valence-electron chi connectivity index (χ3n) is 2.46. The van der Waals surface area contributed by atoms with Crippen LogP contribution in [0.5, 0.6) is 0 Å². The monoisotopic (exact) mass is 157 g/mol. The first-order valence-electron chi connectivity index (χ1n) is 4.67. The maximum absolute atomic E-state index is 3.20. The van der Waals surface area contributed by atoms with Gasteiger partial charge in [-0.05, 0) is 31.3 Å². The summed E-state index contributed by atoms with van der Waals surface area (Å²) in [6.07, 6.45) is 2.60. The molecule has 1 N–H and O–H groups in total. The molecule has 0 amide bonds. The lowest BCUT2D eigenvalue weighted by atomic mass is 9.77. The van der Waals surface area contributed by atoms with Crippen molar-refractivity contribution < 1.29 is 0 Å². The van der Waals surface area contributed by atoms with Crippen LogP contribution in [0.2, 0.25) is 0 Å². The summed E-state index contributed by atoms with van der Waals surface area (Å²) in [6, 6.07) is 0. The molecule has 1 atom stereocenters. The summed E-state index contributed by atoms with van der Waals surface area (Å²) in [6.45, 7) is 10.4. The Morgan fingerprint density at radius 3 is 2.09 bits per heavy atom. The Morgan fingerprint density at radius 2 is 1.82 bits per heavy atom. The van der Waals surface area contributed by atoms with E-state index >= 15 is 0 Å². The second kappa shape index (κ2) is 4.76. The Bertz CT molecular complexity index is 91.5. The van der Waals surface area contributed by atoms with E-state index in [1.165, 1.54) is 12.8 Å². The standard InChI is InChI=1S/C10H23N/c1-6-9(7-8-11-5)10(2,3)4/h9,11H,6-8H2,1-5H3. The van der Waals surface area contributed by atoms with Gasteiger partial charge in [0.1, 0.15) is 0 Å². The average Bonchev–Trinajstić information content (AvgIpc) is 1.87. The van der Waals surface area contributed by atoms with Crippen LogP contribution in [0.25, 0.3) is 0 Å². The zero-order chi connectivity index (χ0) is 8.91. The van der Waals surface area contributed by atoms with Crippen LogP contribution in [-0.4, -0.2) is 13.6 Å². The predicted octanol–water partition coefficient (Wildman–Crippen LogP) is 2.67. The first kappa shape index (κ1) is 11.0. The minimum atomic E-state index is 0.478. The van der Waals surface area contributed by atoms with E-state index in [1.807, 2.05) is 7.05 Å². The predicted molar refractivity (Wildman–Crippen MR) is 51.8 cm³/mol. The highest BCUT2D eigenvalue weighted by molar-refractivity contribution is 4.73. The second-order valence-electron chi connectivity index (χ2n) is 4.36. The fourth-order valence-corrected chi connectivity index (χ4v) is 1.57. The topological polar surface area (TPSA) is 12.0 Å². The minimum absolute atomic E-state index is 0.478. The number of hydrogen-bond acceptors (Lipinski definition) is 1. The molecule has 0 radical (unpaired) electrons. The van der Waals surface area contributed by atoms with E-state index in [0.717, 1.165) is 12.5 Å². The van der Waals surface area contributed by atoms with Crippen molar-refractivity contribution in [3.63, 3.8) is 0 Å². The van der Waals surface area contributed by atoms with Gasteiger partial charge in [0.15, 0.2) is 0 Å². The van der Waals surface area contributed by atoms with Gasteiger partial charge in [0.25, 0.3) is 0 Å². The van der Waals surface area contributed by atoms with Crippen molar-refractivity contribution in [2.75, 3.05) is 13.6 Å². The maximum Gasteiger partial charge on any atom is -0.00491 e. The summed E-state index contributed by atoms with van der Waals surface area (Å²) in [5, 5.41) is 3.20. The van der Waals surface area contributed by atoms with Gasteiger partial charge >= 0.3 is 0 Å². The van der Waals surface area contributed by atoms with E-state index in [9.17, 15) is 0 Å². The Kier molecular flexibility index (Phi) is 4.74. The van der Waals surface area contributed by atoms with Gasteiger partial charge in [0.2, 0.25) is 0 Å². The Labute approximate surface area is 71.6 Å². The van der Waals surface area contributed by atoms with Crippen LogP contribution in [-0.2, 0) is 0 Å². The first-order valence-corrected chi connectivity index (χ1v) is 4.67. The second-order valence-corrected chi connectivity index (χ2v) is 4.36. The molecule has 11 heavy (non-hydrogen) atoms. The van der Waals surface area contributed by atoms with Crippen molar-refractivity contribution in [2.45, 2.75) is 40.5 Å². The van der Waals surface area contributed by atoms with E-state index in [0.29, 0.717) is 5.41 Å². The molecule has 0 heterocycles. The largest absolute Gasteiger partial charge is 0.320 e. The molecule has 0 spiro atoms. The molecule has 0 aliphatic carbocycles. The van der Waals surface area contributed by atoms with Crippen molar-refractivity contribution >= 4 is 0 Å². The number of rotatable bonds is 4. The van der Waals surface area contributed by atoms with Gasteiger partial charge in [-0.2, -0.15) is 0 Å². The Hall–Kier alpha value is -0.0400. The molecule has 68 valence electrons. The van der Waals surface area contributed by atoms with Crippen LogP contribution in [0.4, 0.5) is 0 Å². The van der Waals surface area contributed by atoms with Gasteiger partial charge in [-0.15, -0.1) is 0 Å². The molecule has 0 aromatic heterocycles. The van der Waals surface area contributed by atoms with Crippen LogP contribution < -0.4 is 5.32 Å². The van der Waals surface area contributed by atoms with E-state index in [-0.39, 0.29) is 0 Å². The molecule has 0 saturated heterocycles. The number of hydrogen-bond donors (Lipinski definition) is 1. The maximum atomic E-state index is 3.20. The highest BCUT2D eigenvalue weighted by Crippen LogP contribution is 2.30. The molecule has 0 rings (SSSR count). The molecule has 0 aliphatic rings. The van der Waals surface area contributed by atoms with E-state index in [1.54, 1.807) is 0 Å². The van der Waals surface area contributed by atoms with Gasteiger partial charge in [0, 0.05) is 0 Å². The van der Waals surface area contributed by atoms with Crippen LogP contribution in [0, 0.1) is 11.3 Å². The molecule has 1 nitrogen and oxygen atoms in total. The highest BCUT2D eigenvalue weighted by Gasteiger charge is 2.21. The third-order valence-corrected chi connectivity index (χ3v) is 2.46. The van der Waals surface area contributed by atoms with Gasteiger partial charge in [-0.25, -0.2) is 0 Å². The first-order chi connectivity index (χ1) is 5.02. The van der Waals surface area contributed by atoms with Crippen LogP contribution in [0.15, 0.2) is 0 Å². The van der Waals surface area contributed by atoms with E-state index in [2.05, 4.69) is 33.0 Å². The lowest BCUT2D eigenvalue weighted by molar-refractivity contribution is 0.218. The summed E-state index contributed by atoms with van der Waals surface area (Å²) in [4.78, 5) is 0. The zero-order valence-electron chi connectivity index (χ0n) is 8.70. The molecular weight excluding hydrogens is 134 g/mol. The Balaban J connectivity index is 3.76. The average molecular weight is 157 g/mol. The molecule has 0 fully saturated rings. The van der Waals surface area contributed by atoms with Gasteiger partial charge in [-0.1, -0.05) is 34.1 Å². The van der Waals surface area contributed by atoms with Gasteiger partial charge in [-0.3, -0.25) is 0 Å². The van der Waals surface area contributed by atoms with Crippen molar-refractivity contribution in [3.8, 4) is 0 Å². The fourth-order valence-electron chi connectivity index (χ4n) is 1.57. The molecule has 0 aliphatic heterocycles. The van der Waals surface area contributed by atoms with Crippen LogP contribution in [0.3, 0.4) is 0 Å². The van der Waals surface area contributed by atoms with Crippen LogP contribution >= 0.6 is 0 Å². The fraction of sp³-hybridized carbons (Fsp3) is 1.00. The highest BCUT2D eigenvalue weighted by atomic mass is 14.8. The molecule has 0 bridgehead atoms. The molecule has 1 unspecified atom stereocenters. The minimum Gasteiger partial charge on any atom is -0.320 e. The normalized spacial score (nSPS) is 15.0. The third kappa shape index (κ3) is 4.41. The van der Waals surface area contributed by atoms with E-state index < -0.39 is 0 Å². The van der Waals surface area contributed by atoms with Crippen molar-refractivity contribution in [2.24, 2.45) is 11.3 Å². The summed E-state index contributed by atoms with van der Waals surface area (Å²) < 4.78 is 0. The van der Waals surface area contributed by atoms with Crippen molar-refractivity contribution in [1.82, 2.24) is 5.32 Å². The Morgan fingerprint density at radius 1 is 1.27 bits per heavy atom. The quantitative estimate of drug-likeness (QED) is 0.661. The summed E-state index contributed by atoms with van der Waals surface area (Å²) in [7, 11) is 2.02. The van der Waals surface area contributed by atoms with Crippen LogP contribution in [0.1, 0.15) is 40.5 Å². The lowest BCUT2D eigenvalue weighted by Gasteiger charge is -2.29. The zero-order valence-corrected chi connectivity index (χ0v) is 8.70. The molecule has 0 saturated carbocycles. The molecule has 1 heteroatoms. The van der Waals surface area contributed by atoms with Gasteiger partial charge < -0.3 is 5.32 Å².